The molecule has 1 amide bonds. The fourth-order valence-corrected chi connectivity index (χ4v) is 5.61. The van der Waals surface area contributed by atoms with E-state index in [1.807, 2.05) is 21.7 Å². The summed E-state index contributed by atoms with van der Waals surface area (Å²) in [6, 6.07) is 4.43. The molecule has 3 aliphatic heterocycles. The van der Waals surface area contributed by atoms with Crippen molar-refractivity contribution < 1.29 is 18.7 Å². The Balaban J connectivity index is 1.34. The molecular formula is C26H30FN5O3. The average molecular weight is 480 g/mol. The molecule has 6 rings (SSSR count). The molecule has 2 atom stereocenters. The summed E-state index contributed by atoms with van der Waals surface area (Å²) in [6.45, 7) is 7.24. The molecule has 2 saturated heterocycles. The molecule has 3 aromatic rings. The van der Waals surface area contributed by atoms with Gasteiger partial charge in [0.25, 0.3) is 5.91 Å². The Hall–Kier alpha value is -3.20. The van der Waals surface area contributed by atoms with Crippen molar-refractivity contribution in [2.75, 3.05) is 31.3 Å². The lowest BCUT2D eigenvalue weighted by Gasteiger charge is -2.35. The third kappa shape index (κ3) is 4.01. The molecule has 2 aromatic heterocycles. The maximum atomic E-state index is 14.4. The highest BCUT2D eigenvalue weighted by Gasteiger charge is 2.34. The number of carbonyl (C=O) groups is 1. The number of hydrogen-bond acceptors (Lipinski definition) is 6. The fourth-order valence-electron chi connectivity index (χ4n) is 5.61. The van der Waals surface area contributed by atoms with E-state index in [0.29, 0.717) is 23.8 Å². The lowest BCUT2D eigenvalue weighted by molar-refractivity contribution is -0.0174. The van der Waals surface area contributed by atoms with E-state index in [9.17, 15) is 9.18 Å². The Labute approximate surface area is 203 Å². The molecule has 0 saturated carbocycles. The summed E-state index contributed by atoms with van der Waals surface area (Å²) >= 11 is 0. The number of carbonyl (C=O) groups excluding carboxylic acids is 1. The number of piperidine rings is 1. The van der Waals surface area contributed by atoms with Crippen LogP contribution in [-0.4, -0.2) is 51.8 Å². The normalized spacial score (nSPS) is 22.4. The first-order valence-corrected chi connectivity index (χ1v) is 12.4. The molecule has 35 heavy (non-hydrogen) atoms. The van der Waals surface area contributed by atoms with Crippen LogP contribution < -0.4 is 9.64 Å². The van der Waals surface area contributed by atoms with Crippen LogP contribution >= 0.6 is 0 Å². The summed E-state index contributed by atoms with van der Waals surface area (Å²) < 4.78 is 27.1. The van der Waals surface area contributed by atoms with Crippen LogP contribution in [0.1, 0.15) is 65.8 Å². The quantitative estimate of drug-likeness (QED) is 0.559. The van der Waals surface area contributed by atoms with Gasteiger partial charge in [-0.05, 0) is 50.7 Å². The molecule has 5 heterocycles. The van der Waals surface area contributed by atoms with Crippen LogP contribution in [0.5, 0.6) is 5.75 Å². The molecule has 184 valence electrons. The number of anilines is 1. The number of amides is 1. The van der Waals surface area contributed by atoms with E-state index in [1.165, 1.54) is 18.6 Å². The molecule has 0 aliphatic carbocycles. The number of halogens is 1. The van der Waals surface area contributed by atoms with Gasteiger partial charge in [-0.25, -0.2) is 13.9 Å². The predicted molar refractivity (Wildman–Crippen MR) is 128 cm³/mol. The zero-order valence-corrected chi connectivity index (χ0v) is 20.2. The first-order valence-electron chi connectivity index (χ1n) is 12.4. The van der Waals surface area contributed by atoms with Gasteiger partial charge in [-0.15, -0.1) is 0 Å². The summed E-state index contributed by atoms with van der Waals surface area (Å²) in [5, 5.41) is 4.83. The number of aromatic nitrogens is 3. The van der Waals surface area contributed by atoms with Crippen molar-refractivity contribution in [1.29, 1.82) is 0 Å². The second-order valence-electron chi connectivity index (χ2n) is 10.0. The van der Waals surface area contributed by atoms with Crippen molar-refractivity contribution in [3.8, 4) is 5.75 Å². The van der Waals surface area contributed by atoms with Gasteiger partial charge in [-0.3, -0.25) is 4.79 Å². The molecule has 1 aromatic carbocycles. The number of aryl methyl sites for hydroxylation is 1. The largest absolute Gasteiger partial charge is 0.466 e. The molecule has 0 unspecified atom stereocenters. The summed E-state index contributed by atoms with van der Waals surface area (Å²) in [4.78, 5) is 22.8. The van der Waals surface area contributed by atoms with Gasteiger partial charge in [-0.1, -0.05) is 6.92 Å². The lowest BCUT2D eigenvalue weighted by Crippen LogP contribution is -2.39. The van der Waals surface area contributed by atoms with Crippen LogP contribution in [0.3, 0.4) is 0 Å². The molecule has 3 aliphatic rings. The van der Waals surface area contributed by atoms with Gasteiger partial charge in [0.05, 0.1) is 23.9 Å². The van der Waals surface area contributed by atoms with Gasteiger partial charge in [0.2, 0.25) is 0 Å². The molecule has 0 bridgehead atoms. The zero-order valence-electron chi connectivity index (χ0n) is 20.2. The molecular weight excluding hydrogens is 449 g/mol. The first kappa shape index (κ1) is 22.3. The molecule has 2 fully saturated rings. The number of likely N-dealkylation sites (tertiary alicyclic amines) is 1. The van der Waals surface area contributed by atoms with Crippen molar-refractivity contribution in [2.45, 2.75) is 52.2 Å². The Bertz CT molecular complexity index is 1290. The molecule has 0 N–H and O–H groups in total. The Morgan fingerprint density at radius 3 is 2.89 bits per heavy atom. The number of nitrogens with zero attached hydrogens (tertiary/aromatic N) is 5. The molecule has 8 nitrogen and oxygen atoms in total. The predicted octanol–water partition coefficient (Wildman–Crippen LogP) is 4.26. The molecule has 0 radical (unpaired) electrons. The number of benzene rings is 1. The van der Waals surface area contributed by atoms with Crippen molar-refractivity contribution in [3.05, 3.63) is 52.6 Å². The number of rotatable bonds is 3. The smallest absolute Gasteiger partial charge is 0.258 e. The van der Waals surface area contributed by atoms with Gasteiger partial charge < -0.3 is 19.3 Å². The number of hydrogen-bond donors (Lipinski definition) is 0. The SMILES string of the molecule is Cc1cn2nc([C@@H]3CCCCN3C(=O)c3cc(F)cc4c3OCOC4)cc2nc1N1CC[C@H](C)C1. The summed E-state index contributed by atoms with van der Waals surface area (Å²) in [6.07, 6.45) is 5.89. The van der Waals surface area contributed by atoms with Gasteiger partial charge in [0, 0.05) is 43.0 Å². The van der Waals surface area contributed by atoms with E-state index < -0.39 is 5.82 Å². The monoisotopic (exact) mass is 479 g/mol. The number of fused-ring (bicyclic) bond motifs is 2. The molecule has 0 spiro atoms. The zero-order chi connectivity index (χ0) is 24.1. The van der Waals surface area contributed by atoms with E-state index in [-0.39, 0.29) is 30.9 Å². The van der Waals surface area contributed by atoms with Crippen molar-refractivity contribution in [1.82, 2.24) is 19.5 Å². The highest BCUT2D eigenvalue weighted by Crippen LogP contribution is 2.36. The van der Waals surface area contributed by atoms with Gasteiger partial charge >= 0.3 is 0 Å². The minimum atomic E-state index is -0.467. The maximum absolute atomic E-state index is 14.4. The maximum Gasteiger partial charge on any atom is 0.258 e. The first-order chi connectivity index (χ1) is 17.0. The van der Waals surface area contributed by atoms with E-state index >= 15 is 0 Å². The van der Waals surface area contributed by atoms with E-state index in [1.54, 1.807) is 0 Å². The minimum absolute atomic E-state index is 0.0535. The van der Waals surface area contributed by atoms with E-state index in [0.717, 1.165) is 55.1 Å². The standard InChI is InChI=1S/C26H30FN5O3/c1-16-6-8-30(12-16)25-17(2)13-32-23(28-25)11-21(29-32)22-5-3-4-7-31(22)26(33)20-10-19(27)9-18-14-34-15-35-24(18)20/h9-11,13,16,22H,3-8,12,14-15H2,1-2H3/t16-,22-/m0/s1. The second-order valence-corrected chi connectivity index (χ2v) is 10.0. The Morgan fingerprint density at radius 2 is 2.06 bits per heavy atom. The van der Waals surface area contributed by atoms with E-state index in [4.69, 9.17) is 19.6 Å². The van der Waals surface area contributed by atoms with Crippen LogP contribution in [-0.2, 0) is 11.3 Å². The average Bonchev–Trinajstić information content (AvgIpc) is 3.48. The van der Waals surface area contributed by atoms with Crippen LogP contribution in [0.25, 0.3) is 5.65 Å². The van der Waals surface area contributed by atoms with E-state index in [2.05, 4.69) is 18.7 Å². The van der Waals surface area contributed by atoms with Crippen LogP contribution in [0, 0.1) is 18.7 Å². The number of ether oxygens (including phenoxy) is 2. The minimum Gasteiger partial charge on any atom is -0.466 e. The van der Waals surface area contributed by atoms with Crippen molar-refractivity contribution >= 4 is 17.4 Å². The highest BCUT2D eigenvalue weighted by molar-refractivity contribution is 5.97. The third-order valence-electron chi connectivity index (χ3n) is 7.36. The van der Waals surface area contributed by atoms with Crippen LogP contribution in [0.15, 0.2) is 24.4 Å². The Morgan fingerprint density at radius 1 is 1.17 bits per heavy atom. The summed E-state index contributed by atoms with van der Waals surface area (Å²) in [7, 11) is 0. The van der Waals surface area contributed by atoms with Crippen molar-refractivity contribution in [3.63, 3.8) is 0 Å². The van der Waals surface area contributed by atoms with Gasteiger partial charge in [-0.2, -0.15) is 5.10 Å². The van der Waals surface area contributed by atoms with Crippen LogP contribution in [0.4, 0.5) is 10.2 Å². The summed E-state index contributed by atoms with van der Waals surface area (Å²) in [5.41, 5.74) is 3.49. The lowest BCUT2D eigenvalue weighted by atomic mass is 9.97. The summed E-state index contributed by atoms with van der Waals surface area (Å²) in [5.74, 6) is 1.39. The topological polar surface area (TPSA) is 72.2 Å². The Kier molecular flexibility index (Phi) is 5.59. The van der Waals surface area contributed by atoms with Crippen molar-refractivity contribution in [2.24, 2.45) is 5.92 Å². The van der Waals surface area contributed by atoms with Crippen LogP contribution in [0.2, 0.25) is 0 Å². The second kappa shape index (κ2) is 8.78. The third-order valence-corrected chi connectivity index (χ3v) is 7.36. The van der Waals surface area contributed by atoms with Gasteiger partial charge in [0.1, 0.15) is 17.4 Å². The highest BCUT2D eigenvalue weighted by atomic mass is 19.1. The van der Waals surface area contributed by atoms with Gasteiger partial charge in [0.15, 0.2) is 12.4 Å². The molecule has 9 heteroatoms. The fraction of sp³-hybridized carbons (Fsp3) is 0.500.